The number of likely N-dealkylation sites (N-methyl/N-ethyl adjacent to an activating group) is 1. The van der Waals surface area contributed by atoms with Crippen molar-refractivity contribution in [1.82, 2.24) is 9.57 Å². The third kappa shape index (κ3) is 1.49. The molecule has 0 saturated carbocycles. The summed E-state index contributed by atoms with van der Waals surface area (Å²) < 4.78 is 0.602. The topological polar surface area (TPSA) is 81.1 Å². The highest BCUT2D eigenvalue weighted by Crippen LogP contribution is 2.42. The summed E-state index contributed by atoms with van der Waals surface area (Å²) in [4.78, 5) is 40.6. The molecule has 0 aromatic rings. The van der Waals surface area contributed by atoms with Gasteiger partial charge in [0.1, 0.15) is 6.54 Å². The summed E-state index contributed by atoms with van der Waals surface area (Å²) in [5.41, 5.74) is 0. The molecule has 0 aromatic heterocycles. The molecule has 0 bridgehead atoms. The van der Waals surface area contributed by atoms with Gasteiger partial charge in [0.05, 0.1) is 0 Å². The minimum Gasteiger partial charge on any atom is -0.329 e. The molecule has 0 spiro atoms. The maximum absolute atomic E-state index is 11.0. The van der Waals surface area contributed by atoms with E-state index in [-0.39, 0.29) is 6.54 Å². The van der Waals surface area contributed by atoms with Gasteiger partial charge in [-0.05, 0) is 11.8 Å². The van der Waals surface area contributed by atoms with E-state index in [0.717, 1.165) is 4.90 Å². The molecule has 0 atom stereocenters. The van der Waals surface area contributed by atoms with E-state index in [0.29, 0.717) is 4.67 Å². The fourth-order valence-corrected chi connectivity index (χ4v) is 1.83. The van der Waals surface area contributed by atoms with Crippen LogP contribution in [0, 0.1) is 0 Å². The van der Waals surface area contributed by atoms with Gasteiger partial charge in [0, 0.05) is 7.05 Å². The Bertz CT molecular complexity index is 287. The average Bonchev–Trinajstić information content (AvgIpc) is 2.15. The summed E-state index contributed by atoms with van der Waals surface area (Å²) in [5.74, 6) is -0.489. The molecule has 3 amide bonds. The van der Waals surface area contributed by atoms with Crippen molar-refractivity contribution in [3.8, 4) is 0 Å². The van der Waals surface area contributed by atoms with Gasteiger partial charge in [-0.15, -0.1) is 0 Å². The van der Waals surface area contributed by atoms with Gasteiger partial charge < -0.3 is 9.79 Å². The minimum atomic E-state index is -3.79. The Hall–Kier alpha value is -0.490. The molecule has 0 unspecified atom stereocenters. The second-order valence-electron chi connectivity index (χ2n) is 2.31. The molecule has 2 N–H and O–H groups in total. The Morgan fingerprint density at radius 3 is 2.17 bits per heavy atom. The first-order valence-electron chi connectivity index (χ1n) is 2.98. The molecule has 8 heteroatoms. The number of hydrogen-bond donors (Lipinski definition) is 2. The molecule has 68 valence electrons. The summed E-state index contributed by atoms with van der Waals surface area (Å²) in [7, 11) is 1.26. The largest absolute Gasteiger partial charge is 0.334 e. The number of amides is 3. The van der Waals surface area contributed by atoms with Crippen LogP contribution in [0.25, 0.3) is 0 Å². The molecular formula is C4H7N2O4PS. The molecule has 12 heavy (non-hydrogen) atoms. The zero-order valence-corrected chi connectivity index (χ0v) is 7.88. The predicted octanol–water partition coefficient (Wildman–Crippen LogP) is -0.911. The van der Waals surface area contributed by atoms with Crippen molar-refractivity contribution in [1.29, 1.82) is 0 Å². The molecule has 1 heterocycles. The van der Waals surface area contributed by atoms with Gasteiger partial charge in [-0.3, -0.25) is 9.69 Å². The van der Waals surface area contributed by atoms with E-state index in [1.165, 1.54) is 7.05 Å². The summed E-state index contributed by atoms with van der Waals surface area (Å²) >= 11 is 4.28. The van der Waals surface area contributed by atoms with Crippen molar-refractivity contribution in [2.24, 2.45) is 0 Å². The van der Waals surface area contributed by atoms with Crippen LogP contribution in [-0.4, -0.2) is 44.9 Å². The van der Waals surface area contributed by atoms with E-state index in [1.807, 2.05) is 0 Å². The first-order valence-corrected chi connectivity index (χ1v) is 5.64. The van der Waals surface area contributed by atoms with E-state index in [2.05, 4.69) is 11.8 Å². The Morgan fingerprint density at radius 1 is 1.50 bits per heavy atom. The highest BCUT2D eigenvalue weighted by molar-refractivity contribution is 8.08. The lowest BCUT2D eigenvalue weighted by atomic mass is 10.6. The normalized spacial score (nSPS) is 19.2. The Labute approximate surface area is 73.6 Å². The van der Waals surface area contributed by atoms with Crippen LogP contribution in [0.2, 0.25) is 0 Å². The van der Waals surface area contributed by atoms with Crippen molar-refractivity contribution in [2.45, 2.75) is 0 Å². The number of carbonyl (C=O) groups is 2. The second-order valence-corrected chi connectivity index (χ2v) is 5.29. The maximum atomic E-state index is 11.0. The SMILES string of the molecule is CN1C(=O)CN(P(O)(O)=S)C1=O. The lowest BCUT2D eigenvalue weighted by Crippen LogP contribution is -2.27. The number of hydrogen-bond acceptors (Lipinski definition) is 3. The minimum absolute atomic E-state index is 0.348. The first-order chi connectivity index (χ1) is 5.34. The molecule has 1 rings (SSSR count). The molecule has 1 aliphatic heterocycles. The lowest BCUT2D eigenvalue weighted by molar-refractivity contribution is -0.124. The number of carbonyl (C=O) groups excluding carboxylic acids is 2. The van der Waals surface area contributed by atoms with E-state index in [1.54, 1.807) is 0 Å². The van der Waals surface area contributed by atoms with E-state index >= 15 is 0 Å². The van der Waals surface area contributed by atoms with Crippen molar-refractivity contribution in [3.05, 3.63) is 0 Å². The van der Waals surface area contributed by atoms with Gasteiger partial charge >= 0.3 is 6.03 Å². The zero-order chi connectivity index (χ0) is 9.52. The number of urea groups is 1. The molecular weight excluding hydrogens is 203 g/mol. The standard InChI is InChI=1S/C4H7N2O4PS/c1-5-3(7)2-6(4(5)8)11(9,10)12/h2H2,1H3,(H2,9,10,12). The summed E-state index contributed by atoms with van der Waals surface area (Å²) in [6.07, 6.45) is 0. The van der Waals surface area contributed by atoms with Crippen LogP contribution < -0.4 is 0 Å². The van der Waals surface area contributed by atoms with Crippen LogP contribution in [0.5, 0.6) is 0 Å². The molecule has 1 fully saturated rings. The van der Waals surface area contributed by atoms with Crippen LogP contribution in [0.1, 0.15) is 0 Å². The van der Waals surface area contributed by atoms with Crippen LogP contribution in [0.4, 0.5) is 4.79 Å². The smallest absolute Gasteiger partial charge is 0.329 e. The van der Waals surface area contributed by atoms with Crippen LogP contribution in [0.15, 0.2) is 0 Å². The Balaban J connectivity index is 2.93. The molecule has 0 aromatic carbocycles. The third-order valence-electron chi connectivity index (χ3n) is 1.48. The molecule has 1 saturated heterocycles. The van der Waals surface area contributed by atoms with Crippen LogP contribution >= 0.6 is 6.64 Å². The van der Waals surface area contributed by atoms with E-state index in [9.17, 15) is 9.59 Å². The maximum Gasteiger partial charge on any atom is 0.334 e. The number of rotatable bonds is 1. The Kier molecular flexibility index (Phi) is 2.22. The van der Waals surface area contributed by atoms with Crippen LogP contribution in [0.3, 0.4) is 0 Å². The van der Waals surface area contributed by atoms with E-state index in [4.69, 9.17) is 9.79 Å². The first kappa shape index (κ1) is 9.60. The zero-order valence-electron chi connectivity index (χ0n) is 6.17. The van der Waals surface area contributed by atoms with Gasteiger partial charge in [-0.25, -0.2) is 9.46 Å². The molecule has 6 nitrogen and oxygen atoms in total. The van der Waals surface area contributed by atoms with Crippen molar-refractivity contribution >= 4 is 30.4 Å². The third-order valence-corrected chi connectivity index (χ3v) is 3.01. The quantitative estimate of drug-likeness (QED) is 0.432. The summed E-state index contributed by atoms with van der Waals surface area (Å²) in [6, 6.07) is -0.756. The highest BCUT2D eigenvalue weighted by Gasteiger charge is 2.39. The number of imide groups is 1. The van der Waals surface area contributed by atoms with Gasteiger partial charge in [-0.1, -0.05) is 0 Å². The van der Waals surface area contributed by atoms with E-state index < -0.39 is 18.6 Å². The fourth-order valence-electron chi connectivity index (χ4n) is 0.785. The lowest BCUT2D eigenvalue weighted by Gasteiger charge is -2.18. The van der Waals surface area contributed by atoms with Crippen molar-refractivity contribution < 1.29 is 19.4 Å². The summed E-state index contributed by atoms with van der Waals surface area (Å²) in [5, 5.41) is 0. The van der Waals surface area contributed by atoms with Crippen LogP contribution in [-0.2, 0) is 16.6 Å². The second kappa shape index (κ2) is 2.77. The Morgan fingerprint density at radius 2 is 2.00 bits per heavy atom. The van der Waals surface area contributed by atoms with Crippen molar-refractivity contribution in [2.75, 3.05) is 13.6 Å². The van der Waals surface area contributed by atoms with Gasteiger partial charge in [0.15, 0.2) is 0 Å². The van der Waals surface area contributed by atoms with Gasteiger partial charge in [0.25, 0.3) is 12.5 Å². The van der Waals surface area contributed by atoms with Gasteiger partial charge in [0.2, 0.25) is 0 Å². The molecule has 0 aliphatic carbocycles. The van der Waals surface area contributed by atoms with Crippen molar-refractivity contribution in [3.63, 3.8) is 0 Å². The molecule has 0 radical (unpaired) electrons. The fraction of sp³-hybridized carbons (Fsp3) is 0.500. The highest BCUT2D eigenvalue weighted by atomic mass is 32.5. The monoisotopic (exact) mass is 210 g/mol. The summed E-state index contributed by atoms with van der Waals surface area (Å²) in [6.45, 7) is -4.14. The number of nitrogens with zero attached hydrogens (tertiary/aromatic N) is 2. The predicted molar refractivity (Wildman–Crippen MR) is 43.6 cm³/mol. The van der Waals surface area contributed by atoms with Gasteiger partial charge in [-0.2, -0.15) is 0 Å². The average molecular weight is 210 g/mol. The molecule has 1 aliphatic rings.